The quantitative estimate of drug-likeness (QED) is 0.282. The molecule has 5 atom stereocenters. The molecule has 0 unspecified atom stereocenters. The predicted octanol–water partition coefficient (Wildman–Crippen LogP) is 1.75. The van der Waals surface area contributed by atoms with Crippen molar-refractivity contribution >= 4 is 46.5 Å². The molecule has 0 radical (unpaired) electrons. The SMILES string of the molecule is CC(=O)OC[C@H]1O[C@@H](Oc2ccc(I)cc2)[C@H](OC(C)=O)[C@@H](OC(C)=O)[C@@H]1OC(C)=O. The summed E-state index contributed by atoms with van der Waals surface area (Å²) in [5.41, 5.74) is 0. The van der Waals surface area contributed by atoms with Crippen molar-refractivity contribution in [1.29, 1.82) is 0 Å². The number of rotatable bonds is 7. The van der Waals surface area contributed by atoms with E-state index in [1.54, 1.807) is 24.3 Å². The van der Waals surface area contributed by atoms with Crippen LogP contribution < -0.4 is 4.74 Å². The number of hydrogen-bond donors (Lipinski definition) is 0. The van der Waals surface area contributed by atoms with Crippen LogP contribution in [0.3, 0.4) is 0 Å². The molecule has 0 amide bonds. The molecular formula is C20H23IO10. The Bertz CT molecular complexity index is 809. The molecule has 170 valence electrons. The third-order valence-corrected chi connectivity index (χ3v) is 4.73. The van der Waals surface area contributed by atoms with Crippen LogP contribution in [0.15, 0.2) is 24.3 Å². The number of carbonyl (C=O) groups excluding carboxylic acids is 4. The summed E-state index contributed by atoms with van der Waals surface area (Å²) >= 11 is 2.13. The van der Waals surface area contributed by atoms with Gasteiger partial charge in [-0.1, -0.05) is 0 Å². The molecule has 11 heteroatoms. The van der Waals surface area contributed by atoms with Crippen LogP contribution in [0.1, 0.15) is 27.7 Å². The second-order valence-electron chi connectivity index (χ2n) is 6.64. The summed E-state index contributed by atoms with van der Waals surface area (Å²) in [7, 11) is 0. The summed E-state index contributed by atoms with van der Waals surface area (Å²) in [6, 6.07) is 6.94. The molecule has 0 saturated carbocycles. The average Bonchev–Trinajstić information content (AvgIpc) is 2.65. The van der Waals surface area contributed by atoms with Gasteiger partial charge in [-0.05, 0) is 46.9 Å². The summed E-state index contributed by atoms with van der Waals surface area (Å²) in [6.07, 6.45) is -6.06. The highest BCUT2D eigenvalue weighted by Gasteiger charge is 2.53. The first kappa shape index (κ1) is 24.9. The second kappa shape index (κ2) is 11.3. The standard InChI is InChI=1S/C20H23IO10/c1-10(22)26-9-16-17(27-11(2)23)18(28-12(3)24)19(29-13(4)25)20(31-16)30-15-7-5-14(21)6-8-15/h5-8,16-20H,9H2,1-4H3/t16-,17-,18+,19-,20-/m1/s1. The number of esters is 4. The van der Waals surface area contributed by atoms with Gasteiger partial charge in [0.1, 0.15) is 18.5 Å². The van der Waals surface area contributed by atoms with Gasteiger partial charge in [0.05, 0.1) is 0 Å². The Morgan fingerprint density at radius 1 is 0.806 bits per heavy atom. The van der Waals surface area contributed by atoms with Crippen LogP contribution in [0.4, 0.5) is 0 Å². The van der Waals surface area contributed by atoms with E-state index in [-0.39, 0.29) is 6.61 Å². The first-order valence-corrected chi connectivity index (χ1v) is 10.4. The van der Waals surface area contributed by atoms with Crippen LogP contribution in [-0.4, -0.2) is 61.2 Å². The lowest BCUT2D eigenvalue weighted by Gasteiger charge is -2.43. The van der Waals surface area contributed by atoms with E-state index in [0.29, 0.717) is 5.75 Å². The Hall–Kier alpha value is -2.41. The second-order valence-corrected chi connectivity index (χ2v) is 7.89. The van der Waals surface area contributed by atoms with Crippen molar-refractivity contribution in [3.8, 4) is 5.75 Å². The molecule has 1 fully saturated rings. The van der Waals surface area contributed by atoms with E-state index in [0.717, 1.165) is 17.4 Å². The third kappa shape index (κ3) is 7.65. The molecule has 0 spiro atoms. The van der Waals surface area contributed by atoms with Crippen molar-refractivity contribution in [2.45, 2.75) is 58.4 Å². The maximum absolute atomic E-state index is 11.8. The minimum atomic E-state index is -1.27. The van der Waals surface area contributed by atoms with Crippen LogP contribution in [0.5, 0.6) is 5.75 Å². The molecular weight excluding hydrogens is 527 g/mol. The molecule has 1 aromatic carbocycles. The largest absolute Gasteiger partial charge is 0.463 e. The molecule has 0 aromatic heterocycles. The van der Waals surface area contributed by atoms with E-state index in [4.69, 9.17) is 28.4 Å². The minimum absolute atomic E-state index is 0.315. The van der Waals surface area contributed by atoms with Gasteiger partial charge in [0, 0.05) is 31.3 Å². The van der Waals surface area contributed by atoms with Crippen LogP contribution in [0.25, 0.3) is 0 Å². The monoisotopic (exact) mass is 550 g/mol. The topological polar surface area (TPSA) is 124 Å². The predicted molar refractivity (Wildman–Crippen MR) is 112 cm³/mol. The molecule has 1 saturated heterocycles. The summed E-state index contributed by atoms with van der Waals surface area (Å²) in [5, 5.41) is 0. The van der Waals surface area contributed by atoms with Gasteiger partial charge in [-0.25, -0.2) is 0 Å². The lowest BCUT2D eigenvalue weighted by Crippen LogP contribution is -2.63. The summed E-state index contributed by atoms with van der Waals surface area (Å²) < 4.78 is 33.7. The maximum atomic E-state index is 11.8. The normalized spacial score (nSPS) is 25.1. The molecule has 1 heterocycles. The van der Waals surface area contributed by atoms with Gasteiger partial charge in [0.2, 0.25) is 12.4 Å². The number of hydrogen-bond acceptors (Lipinski definition) is 10. The molecule has 0 bridgehead atoms. The fourth-order valence-corrected chi connectivity index (χ4v) is 3.29. The van der Waals surface area contributed by atoms with Gasteiger partial charge < -0.3 is 28.4 Å². The molecule has 31 heavy (non-hydrogen) atoms. The highest BCUT2D eigenvalue weighted by atomic mass is 127. The molecule has 2 rings (SSSR count). The van der Waals surface area contributed by atoms with E-state index in [2.05, 4.69) is 22.6 Å². The van der Waals surface area contributed by atoms with Gasteiger partial charge in [-0.2, -0.15) is 0 Å². The fraction of sp³-hybridized carbons (Fsp3) is 0.500. The molecule has 1 aromatic rings. The minimum Gasteiger partial charge on any atom is -0.463 e. The number of ether oxygens (including phenoxy) is 6. The van der Waals surface area contributed by atoms with Crippen molar-refractivity contribution in [3.05, 3.63) is 27.8 Å². The van der Waals surface area contributed by atoms with Crippen molar-refractivity contribution in [1.82, 2.24) is 0 Å². The Balaban J connectivity index is 2.43. The lowest BCUT2D eigenvalue weighted by molar-refractivity contribution is -0.288. The summed E-state index contributed by atoms with van der Waals surface area (Å²) in [5.74, 6) is -2.30. The van der Waals surface area contributed by atoms with Gasteiger partial charge >= 0.3 is 23.9 Å². The van der Waals surface area contributed by atoms with E-state index in [1.807, 2.05) is 0 Å². The zero-order valence-corrected chi connectivity index (χ0v) is 19.5. The van der Waals surface area contributed by atoms with E-state index in [1.165, 1.54) is 13.8 Å². The molecule has 1 aliphatic heterocycles. The van der Waals surface area contributed by atoms with E-state index in [9.17, 15) is 19.2 Å². The molecule has 0 aliphatic carbocycles. The molecule has 10 nitrogen and oxygen atoms in total. The fourth-order valence-electron chi connectivity index (χ4n) is 2.93. The number of halogens is 1. The van der Waals surface area contributed by atoms with Crippen molar-refractivity contribution in [2.24, 2.45) is 0 Å². The number of carbonyl (C=O) groups is 4. The van der Waals surface area contributed by atoms with Gasteiger partial charge in [0.15, 0.2) is 12.2 Å². The van der Waals surface area contributed by atoms with Crippen molar-refractivity contribution < 1.29 is 47.6 Å². The average molecular weight is 550 g/mol. The number of benzene rings is 1. The Labute approximate surface area is 192 Å². The van der Waals surface area contributed by atoms with Crippen LogP contribution in [0.2, 0.25) is 0 Å². The Morgan fingerprint density at radius 2 is 1.32 bits per heavy atom. The van der Waals surface area contributed by atoms with Crippen LogP contribution in [-0.2, 0) is 42.9 Å². The van der Waals surface area contributed by atoms with E-state index >= 15 is 0 Å². The van der Waals surface area contributed by atoms with Gasteiger partial charge in [-0.3, -0.25) is 19.2 Å². The highest BCUT2D eigenvalue weighted by Crippen LogP contribution is 2.31. The van der Waals surface area contributed by atoms with E-state index < -0.39 is 54.6 Å². The first-order chi connectivity index (χ1) is 14.6. The Kier molecular flexibility index (Phi) is 9.04. The first-order valence-electron chi connectivity index (χ1n) is 9.29. The van der Waals surface area contributed by atoms with Crippen LogP contribution in [0, 0.1) is 3.57 Å². The highest BCUT2D eigenvalue weighted by molar-refractivity contribution is 14.1. The zero-order chi connectivity index (χ0) is 23.1. The van der Waals surface area contributed by atoms with Crippen molar-refractivity contribution in [2.75, 3.05) is 6.61 Å². The summed E-state index contributed by atoms with van der Waals surface area (Å²) in [4.78, 5) is 46.5. The Morgan fingerprint density at radius 3 is 1.84 bits per heavy atom. The zero-order valence-electron chi connectivity index (χ0n) is 17.4. The maximum Gasteiger partial charge on any atom is 0.303 e. The van der Waals surface area contributed by atoms with Gasteiger partial charge in [-0.15, -0.1) is 0 Å². The summed E-state index contributed by atoms with van der Waals surface area (Å²) in [6.45, 7) is 4.36. The van der Waals surface area contributed by atoms with Gasteiger partial charge in [0.25, 0.3) is 0 Å². The lowest BCUT2D eigenvalue weighted by atomic mass is 9.98. The van der Waals surface area contributed by atoms with Crippen LogP contribution >= 0.6 is 22.6 Å². The third-order valence-electron chi connectivity index (χ3n) is 4.01. The molecule has 1 aliphatic rings. The van der Waals surface area contributed by atoms with Crippen molar-refractivity contribution in [3.63, 3.8) is 0 Å². The smallest absolute Gasteiger partial charge is 0.303 e. The molecule has 0 N–H and O–H groups in total.